The third-order valence-electron chi connectivity index (χ3n) is 1.65. The second-order valence-corrected chi connectivity index (χ2v) is 4.05. The topological polar surface area (TPSA) is 58.2 Å². The van der Waals surface area contributed by atoms with Crippen molar-refractivity contribution in [3.05, 3.63) is 0 Å². The molecule has 2 N–H and O–H groups in total. The minimum absolute atomic E-state index is 0.0370. The molecule has 0 saturated heterocycles. The SMILES string of the molecule is CC(=O)NC(C)C.CCCCCNC(C)=O. The van der Waals surface area contributed by atoms with E-state index in [0.717, 1.165) is 13.0 Å². The molecule has 0 radical (unpaired) electrons. The lowest BCUT2D eigenvalue weighted by atomic mass is 10.2. The van der Waals surface area contributed by atoms with Gasteiger partial charge in [-0.15, -0.1) is 0 Å². The number of unbranched alkanes of at least 4 members (excludes halogenated alkanes) is 2. The number of hydrogen-bond acceptors (Lipinski definition) is 2. The van der Waals surface area contributed by atoms with Crippen LogP contribution < -0.4 is 10.6 Å². The Morgan fingerprint density at radius 1 is 1.06 bits per heavy atom. The van der Waals surface area contributed by atoms with Crippen molar-refractivity contribution in [2.45, 2.75) is 59.9 Å². The van der Waals surface area contributed by atoms with Crippen molar-refractivity contribution in [2.24, 2.45) is 0 Å². The minimum Gasteiger partial charge on any atom is -0.356 e. The second kappa shape index (κ2) is 12.0. The summed E-state index contributed by atoms with van der Waals surface area (Å²) in [4.78, 5) is 20.4. The molecule has 0 aliphatic heterocycles. The lowest BCUT2D eigenvalue weighted by molar-refractivity contribution is -0.120. The van der Waals surface area contributed by atoms with Gasteiger partial charge in [-0.3, -0.25) is 9.59 Å². The molecule has 0 aromatic heterocycles. The monoisotopic (exact) mass is 230 g/mol. The molecule has 0 rings (SSSR count). The highest BCUT2D eigenvalue weighted by atomic mass is 16.2. The van der Waals surface area contributed by atoms with Crippen molar-refractivity contribution in [2.75, 3.05) is 6.54 Å². The molecular weight excluding hydrogens is 204 g/mol. The normalized spacial score (nSPS) is 9.12. The molecule has 0 saturated carbocycles. The van der Waals surface area contributed by atoms with Crippen LogP contribution in [0.3, 0.4) is 0 Å². The molecule has 0 heterocycles. The highest BCUT2D eigenvalue weighted by Gasteiger charge is 1.91. The summed E-state index contributed by atoms with van der Waals surface area (Å²) in [7, 11) is 0. The van der Waals surface area contributed by atoms with Gasteiger partial charge in [-0.2, -0.15) is 0 Å². The molecule has 4 heteroatoms. The summed E-state index contributed by atoms with van der Waals surface area (Å²) in [5, 5.41) is 5.41. The average Bonchev–Trinajstić information content (AvgIpc) is 2.11. The van der Waals surface area contributed by atoms with Crippen molar-refractivity contribution in [1.29, 1.82) is 0 Å². The summed E-state index contributed by atoms with van der Waals surface area (Å²) in [6.45, 7) is 9.91. The van der Waals surface area contributed by atoms with Crippen LogP contribution in [0.15, 0.2) is 0 Å². The quantitative estimate of drug-likeness (QED) is 0.708. The molecule has 96 valence electrons. The van der Waals surface area contributed by atoms with Crippen LogP contribution >= 0.6 is 0 Å². The molecule has 0 aliphatic rings. The Morgan fingerprint density at radius 2 is 1.62 bits per heavy atom. The van der Waals surface area contributed by atoms with Gasteiger partial charge in [0.05, 0.1) is 0 Å². The number of nitrogens with one attached hydrogen (secondary N) is 2. The molecule has 0 bridgehead atoms. The van der Waals surface area contributed by atoms with E-state index in [0.29, 0.717) is 0 Å². The first-order chi connectivity index (χ1) is 7.40. The minimum atomic E-state index is 0.0370. The van der Waals surface area contributed by atoms with E-state index in [2.05, 4.69) is 17.6 Å². The van der Waals surface area contributed by atoms with Gasteiger partial charge in [-0.1, -0.05) is 19.8 Å². The molecule has 0 aromatic rings. The lowest BCUT2D eigenvalue weighted by Gasteiger charge is -2.02. The fraction of sp³-hybridized carbons (Fsp3) is 0.833. The molecular formula is C12H26N2O2. The third-order valence-corrected chi connectivity index (χ3v) is 1.65. The number of carbonyl (C=O) groups excluding carboxylic acids is 2. The van der Waals surface area contributed by atoms with Gasteiger partial charge in [-0.05, 0) is 20.3 Å². The Balaban J connectivity index is 0. The molecule has 0 atom stereocenters. The van der Waals surface area contributed by atoms with Crippen molar-refractivity contribution in [3.8, 4) is 0 Å². The average molecular weight is 230 g/mol. The number of rotatable bonds is 5. The summed E-state index contributed by atoms with van der Waals surface area (Å²) >= 11 is 0. The lowest BCUT2D eigenvalue weighted by Crippen LogP contribution is -2.27. The third kappa shape index (κ3) is 23.1. The Morgan fingerprint density at radius 3 is 1.88 bits per heavy atom. The van der Waals surface area contributed by atoms with E-state index in [1.807, 2.05) is 13.8 Å². The van der Waals surface area contributed by atoms with Gasteiger partial charge in [0.1, 0.15) is 0 Å². The second-order valence-electron chi connectivity index (χ2n) is 4.05. The van der Waals surface area contributed by atoms with Crippen molar-refractivity contribution in [3.63, 3.8) is 0 Å². The first-order valence-electron chi connectivity index (χ1n) is 5.91. The zero-order valence-corrected chi connectivity index (χ0v) is 11.2. The van der Waals surface area contributed by atoms with Crippen LogP contribution in [-0.2, 0) is 9.59 Å². The summed E-state index contributed by atoms with van der Waals surface area (Å²) in [6.07, 6.45) is 3.52. The summed E-state index contributed by atoms with van der Waals surface area (Å²) in [5.74, 6) is 0.112. The Labute approximate surface area is 99.2 Å². The van der Waals surface area contributed by atoms with Crippen molar-refractivity contribution < 1.29 is 9.59 Å². The van der Waals surface area contributed by atoms with E-state index < -0.39 is 0 Å². The molecule has 0 fully saturated rings. The molecule has 0 unspecified atom stereocenters. The van der Waals surface area contributed by atoms with Crippen LogP contribution in [0.25, 0.3) is 0 Å². The maximum Gasteiger partial charge on any atom is 0.217 e. The van der Waals surface area contributed by atoms with Gasteiger partial charge in [-0.25, -0.2) is 0 Å². The van der Waals surface area contributed by atoms with E-state index >= 15 is 0 Å². The van der Waals surface area contributed by atoms with E-state index in [9.17, 15) is 9.59 Å². The van der Waals surface area contributed by atoms with Gasteiger partial charge in [0.2, 0.25) is 11.8 Å². The van der Waals surface area contributed by atoms with Crippen LogP contribution in [-0.4, -0.2) is 24.4 Å². The molecule has 16 heavy (non-hydrogen) atoms. The van der Waals surface area contributed by atoms with Crippen LogP contribution in [0.1, 0.15) is 53.9 Å². The van der Waals surface area contributed by atoms with Gasteiger partial charge >= 0.3 is 0 Å². The smallest absolute Gasteiger partial charge is 0.217 e. The van der Waals surface area contributed by atoms with Gasteiger partial charge in [0.25, 0.3) is 0 Å². The Bertz CT molecular complexity index is 191. The fourth-order valence-electron chi connectivity index (χ4n) is 1.05. The molecule has 0 aliphatic carbocycles. The number of hydrogen-bond donors (Lipinski definition) is 2. The highest BCUT2D eigenvalue weighted by molar-refractivity contribution is 5.73. The zero-order chi connectivity index (χ0) is 13.0. The first-order valence-corrected chi connectivity index (χ1v) is 5.91. The molecule has 0 spiro atoms. The summed E-state index contributed by atoms with van der Waals surface area (Å²) in [6, 6.07) is 0.275. The molecule has 2 amide bonds. The van der Waals surface area contributed by atoms with Gasteiger partial charge in [0, 0.05) is 26.4 Å². The zero-order valence-electron chi connectivity index (χ0n) is 11.2. The highest BCUT2D eigenvalue weighted by Crippen LogP contribution is 1.90. The van der Waals surface area contributed by atoms with Crippen LogP contribution in [0.2, 0.25) is 0 Å². The van der Waals surface area contributed by atoms with E-state index in [1.54, 1.807) is 6.92 Å². The molecule has 4 nitrogen and oxygen atoms in total. The maximum atomic E-state index is 10.3. The number of amides is 2. The largest absolute Gasteiger partial charge is 0.356 e. The first kappa shape index (κ1) is 17.3. The fourth-order valence-corrected chi connectivity index (χ4v) is 1.05. The van der Waals surface area contributed by atoms with Gasteiger partial charge < -0.3 is 10.6 Å². The van der Waals surface area contributed by atoms with Crippen LogP contribution in [0, 0.1) is 0 Å². The van der Waals surface area contributed by atoms with Crippen LogP contribution in [0.4, 0.5) is 0 Å². The van der Waals surface area contributed by atoms with Crippen molar-refractivity contribution in [1.82, 2.24) is 10.6 Å². The van der Waals surface area contributed by atoms with Crippen LogP contribution in [0.5, 0.6) is 0 Å². The predicted molar refractivity (Wildman–Crippen MR) is 67.2 cm³/mol. The molecule has 0 aromatic carbocycles. The van der Waals surface area contributed by atoms with Gasteiger partial charge in [0.15, 0.2) is 0 Å². The number of carbonyl (C=O) groups is 2. The standard InChI is InChI=1S/C7H15NO.C5H11NO/c1-3-4-5-6-8-7(2)9;1-4(2)6-5(3)7/h3-6H2,1-2H3,(H,8,9);4H,1-3H3,(H,6,7). The Kier molecular flexibility index (Phi) is 13.0. The van der Waals surface area contributed by atoms with Crippen molar-refractivity contribution >= 4 is 11.8 Å². The maximum absolute atomic E-state index is 10.3. The van der Waals surface area contributed by atoms with E-state index in [1.165, 1.54) is 19.8 Å². The summed E-state index contributed by atoms with van der Waals surface area (Å²) < 4.78 is 0. The van der Waals surface area contributed by atoms with E-state index in [-0.39, 0.29) is 17.9 Å². The Hall–Kier alpha value is -1.06. The predicted octanol–water partition coefficient (Wildman–Crippen LogP) is 1.84. The summed E-state index contributed by atoms with van der Waals surface area (Å²) in [5.41, 5.74) is 0. The van der Waals surface area contributed by atoms with E-state index in [4.69, 9.17) is 0 Å².